The Morgan fingerprint density at radius 2 is 2.42 bits per heavy atom. The standard InChI is InChI=1S/C13H12N4OS/c1-17-12(9(6-14)7-15-17)16-13(18)11-5-8-3-2-4-10(8)19-11/h5,7H,2-4H2,1H3,(H,16,18). The number of anilines is 1. The van der Waals surface area contributed by atoms with E-state index in [1.54, 1.807) is 18.4 Å². The minimum absolute atomic E-state index is 0.167. The molecule has 0 unspecified atom stereocenters. The second-order valence-corrected chi connectivity index (χ2v) is 5.65. The summed E-state index contributed by atoms with van der Waals surface area (Å²) in [6, 6.07) is 3.98. The van der Waals surface area contributed by atoms with Crippen molar-refractivity contribution in [2.24, 2.45) is 7.05 Å². The van der Waals surface area contributed by atoms with Crippen LogP contribution in [0, 0.1) is 11.3 Å². The fourth-order valence-electron chi connectivity index (χ4n) is 2.28. The molecular formula is C13H12N4OS. The number of aromatic nitrogens is 2. The van der Waals surface area contributed by atoms with Crippen LogP contribution in [0.4, 0.5) is 5.82 Å². The molecule has 0 spiro atoms. The molecule has 1 aliphatic carbocycles. The van der Waals surface area contributed by atoms with Gasteiger partial charge in [0, 0.05) is 11.9 Å². The van der Waals surface area contributed by atoms with Crippen molar-refractivity contribution in [1.82, 2.24) is 9.78 Å². The molecule has 0 aromatic carbocycles. The molecule has 2 aromatic heterocycles. The number of hydrogen-bond acceptors (Lipinski definition) is 4. The van der Waals surface area contributed by atoms with Crippen LogP contribution in [0.3, 0.4) is 0 Å². The number of carbonyl (C=O) groups excluding carboxylic acids is 1. The summed E-state index contributed by atoms with van der Waals surface area (Å²) in [7, 11) is 1.70. The van der Waals surface area contributed by atoms with Crippen molar-refractivity contribution >= 4 is 23.1 Å². The third kappa shape index (κ3) is 2.02. The number of amides is 1. The first-order valence-electron chi connectivity index (χ1n) is 6.04. The monoisotopic (exact) mass is 272 g/mol. The molecule has 0 saturated heterocycles. The molecule has 0 atom stereocenters. The number of thiophene rings is 1. The highest BCUT2D eigenvalue weighted by atomic mass is 32.1. The van der Waals surface area contributed by atoms with Crippen molar-refractivity contribution in [2.45, 2.75) is 19.3 Å². The minimum atomic E-state index is -0.167. The lowest BCUT2D eigenvalue weighted by molar-refractivity contribution is 0.102. The quantitative estimate of drug-likeness (QED) is 0.910. The summed E-state index contributed by atoms with van der Waals surface area (Å²) in [5, 5.41) is 15.7. The lowest BCUT2D eigenvalue weighted by Gasteiger charge is -2.04. The largest absolute Gasteiger partial charge is 0.305 e. The Balaban J connectivity index is 1.85. The van der Waals surface area contributed by atoms with Crippen molar-refractivity contribution in [3.8, 4) is 6.07 Å². The average molecular weight is 272 g/mol. The maximum Gasteiger partial charge on any atom is 0.266 e. The van der Waals surface area contributed by atoms with Crippen LogP contribution in [0.2, 0.25) is 0 Å². The topological polar surface area (TPSA) is 70.7 Å². The molecule has 1 aliphatic rings. The normalized spacial score (nSPS) is 13.1. The van der Waals surface area contributed by atoms with Gasteiger partial charge in [0.15, 0.2) is 0 Å². The first kappa shape index (κ1) is 11.9. The van der Waals surface area contributed by atoms with Gasteiger partial charge in [-0.2, -0.15) is 10.4 Å². The van der Waals surface area contributed by atoms with E-state index in [2.05, 4.69) is 10.4 Å². The lowest BCUT2D eigenvalue weighted by Crippen LogP contribution is -2.14. The Hall–Kier alpha value is -2.13. The third-order valence-electron chi connectivity index (χ3n) is 3.26. The number of nitriles is 1. The van der Waals surface area contributed by atoms with E-state index in [-0.39, 0.29) is 5.91 Å². The number of aryl methyl sites for hydroxylation is 3. The summed E-state index contributed by atoms with van der Waals surface area (Å²) in [6.07, 6.45) is 4.77. The first-order valence-corrected chi connectivity index (χ1v) is 6.85. The van der Waals surface area contributed by atoms with Crippen LogP contribution < -0.4 is 5.32 Å². The molecule has 2 heterocycles. The number of nitrogens with one attached hydrogen (secondary N) is 1. The lowest BCUT2D eigenvalue weighted by atomic mass is 10.2. The van der Waals surface area contributed by atoms with Crippen molar-refractivity contribution in [3.05, 3.63) is 33.1 Å². The maximum atomic E-state index is 12.2. The van der Waals surface area contributed by atoms with Crippen LogP contribution >= 0.6 is 11.3 Å². The van der Waals surface area contributed by atoms with Crippen LogP contribution in [0.25, 0.3) is 0 Å². The van der Waals surface area contributed by atoms with Gasteiger partial charge in [-0.05, 0) is 30.9 Å². The van der Waals surface area contributed by atoms with Crippen molar-refractivity contribution in [3.63, 3.8) is 0 Å². The second-order valence-electron chi connectivity index (χ2n) is 4.51. The molecule has 2 aromatic rings. The van der Waals surface area contributed by atoms with Crippen LogP contribution in [0.15, 0.2) is 12.3 Å². The fraction of sp³-hybridized carbons (Fsp3) is 0.308. The molecule has 1 N–H and O–H groups in total. The Labute approximate surface area is 114 Å². The predicted octanol–water partition coefficient (Wildman–Crippen LogP) is 2.09. The van der Waals surface area contributed by atoms with Gasteiger partial charge in [-0.15, -0.1) is 11.3 Å². The van der Waals surface area contributed by atoms with Gasteiger partial charge >= 0.3 is 0 Å². The number of hydrogen-bond donors (Lipinski definition) is 1. The van der Waals surface area contributed by atoms with Crippen molar-refractivity contribution in [1.29, 1.82) is 5.26 Å². The van der Waals surface area contributed by atoms with Gasteiger partial charge in [0.1, 0.15) is 17.5 Å². The van der Waals surface area contributed by atoms with Gasteiger partial charge < -0.3 is 5.32 Å². The third-order valence-corrected chi connectivity index (χ3v) is 4.50. The number of carbonyl (C=O) groups is 1. The number of nitrogens with zero attached hydrogens (tertiary/aromatic N) is 3. The Morgan fingerprint density at radius 3 is 3.16 bits per heavy atom. The van der Waals surface area contributed by atoms with Gasteiger partial charge in [-0.3, -0.25) is 9.48 Å². The maximum absolute atomic E-state index is 12.2. The molecule has 0 fully saturated rings. The highest BCUT2D eigenvalue weighted by Crippen LogP contribution is 2.31. The molecule has 0 aliphatic heterocycles. The van der Waals surface area contributed by atoms with Crippen molar-refractivity contribution < 1.29 is 4.79 Å². The van der Waals surface area contributed by atoms with E-state index in [0.29, 0.717) is 16.3 Å². The number of fused-ring (bicyclic) bond motifs is 1. The van der Waals surface area contributed by atoms with Crippen LogP contribution in [0.5, 0.6) is 0 Å². The van der Waals surface area contributed by atoms with Gasteiger partial charge in [0.05, 0.1) is 11.1 Å². The summed E-state index contributed by atoms with van der Waals surface area (Å²) in [6.45, 7) is 0. The molecule has 96 valence electrons. The van der Waals surface area contributed by atoms with E-state index < -0.39 is 0 Å². The summed E-state index contributed by atoms with van der Waals surface area (Å²) < 4.78 is 1.50. The molecule has 3 rings (SSSR count). The molecule has 19 heavy (non-hydrogen) atoms. The van der Waals surface area contributed by atoms with E-state index in [4.69, 9.17) is 5.26 Å². The molecule has 0 bridgehead atoms. The minimum Gasteiger partial charge on any atom is -0.305 e. The molecule has 1 amide bonds. The van der Waals surface area contributed by atoms with E-state index in [9.17, 15) is 4.79 Å². The van der Waals surface area contributed by atoms with E-state index in [1.807, 2.05) is 12.1 Å². The summed E-state index contributed by atoms with van der Waals surface area (Å²) >= 11 is 1.55. The van der Waals surface area contributed by atoms with Gasteiger partial charge in [0.25, 0.3) is 5.91 Å². The first-order chi connectivity index (χ1) is 9.19. The summed E-state index contributed by atoms with van der Waals surface area (Å²) in [5.41, 5.74) is 1.67. The zero-order valence-electron chi connectivity index (χ0n) is 10.4. The van der Waals surface area contributed by atoms with E-state index in [1.165, 1.54) is 27.7 Å². The highest BCUT2D eigenvalue weighted by Gasteiger charge is 2.20. The fourth-order valence-corrected chi connectivity index (χ4v) is 3.43. The summed E-state index contributed by atoms with van der Waals surface area (Å²) in [5.74, 6) is 0.278. The predicted molar refractivity (Wildman–Crippen MR) is 72.2 cm³/mol. The molecule has 0 saturated carbocycles. The SMILES string of the molecule is Cn1ncc(C#N)c1NC(=O)c1cc2c(s1)CCC2. The van der Waals surface area contributed by atoms with Crippen LogP contribution in [-0.4, -0.2) is 15.7 Å². The Kier molecular flexibility index (Phi) is 2.84. The van der Waals surface area contributed by atoms with Crippen molar-refractivity contribution in [2.75, 3.05) is 5.32 Å². The summed E-state index contributed by atoms with van der Waals surface area (Å²) in [4.78, 5) is 14.2. The highest BCUT2D eigenvalue weighted by molar-refractivity contribution is 7.14. The van der Waals surface area contributed by atoms with Gasteiger partial charge in [-0.25, -0.2) is 0 Å². The Morgan fingerprint density at radius 1 is 1.58 bits per heavy atom. The molecule has 6 heteroatoms. The molecular weight excluding hydrogens is 260 g/mol. The van der Waals surface area contributed by atoms with Gasteiger partial charge in [-0.1, -0.05) is 0 Å². The zero-order valence-corrected chi connectivity index (χ0v) is 11.3. The Bertz CT molecular complexity index is 671. The molecule has 5 nitrogen and oxygen atoms in total. The van der Waals surface area contributed by atoms with Gasteiger partial charge in [0.2, 0.25) is 0 Å². The van der Waals surface area contributed by atoms with E-state index in [0.717, 1.165) is 12.8 Å². The zero-order chi connectivity index (χ0) is 13.4. The second kappa shape index (κ2) is 4.52. The van der Waals surface area contributed by atoms with Crippen LogP contribution in [-0.2, 0) is 19.9 Å². The average Bonchev–Trinajstić information content (AvgIpc) is 3.04. The smallest absolute Gasteiger partial charge is 0.266 e. The molecule has 0 radical (unpaired) electrons. The van der Waals surface area contributed by atoms with Crippen LogP contribution in [0.1, 0.15) is 32.1 Å². The van der Waals surface area contributed by atoms with E-state index >= 15 is 0 Å². The number of rotatable bonds is 2.